The number of anilines is 1. The number of nitrogens with one attached hydrogen (secondary N) is 2. The number of carbonyl (C=O) groups excluding carboxylic acids is 1. The second-order valence-corrected chi connectivity index (χ2v) is 4.92. The summed E-state index contributed by atoms with van der Waals surface area (Å²) in [6.07, 6.45) is 0. The number of aryl methyl sites for hydroxylation is 2. The average Bonchev–Trinajstić information content (AvgIpc) is 2.38. The lowest BCUT2D eigenvalue weighted by atomic mass is 10.1. The Morgan fingerprint density at radius 3 is 2.38 bits per heavy atom. The Hall–Kier alpha value is -2.43. The minimum atomic E-state index is -0.553. The van der Waals surface area contributed by atoms with Gasteiger partial charge in [0, 0.05) is 17.8 Å². The zero-order chi connectivity index (χ0) is 15.4. The fourth-order valence-electron chi connectivity index (χ4n) is 2.08. The monoisotopic (exact) mass is 290 g/mol. The molecule has 0 heterocycles. The van der Waals surface area contributed by atoms with Gasteiger partial charge in [-0.2, -0.15) is 0 Å². The number of urea groups is 1. The topological polar surface area (TPSA) is 41.1 Å². The van der Waals surface area contributed by atoms with Crippen LogP contribution in [0.1, 0.15) is 16.7 Å². The fourth-order valence-corrected chi connectivity index (χ4v) is 2.08. The highest BCUT2D eigenvalue weighted by atomic mass is 19.1. The van der Waals surface area contributed by atoms with E-state index in [1.54, 1.807) is 0 Å². The molecule has 0 saturated carbocycles. The van der Waals surface area contributed by atoms with Crippen LogP contribution in [0, 0.1) is 25.5 Å². The lowest BCUT2D eigenvalue weighted by molar-refractivity contribution is 0.251. The highest BCUT2D eigenvalue weighted by Gasteiger charge is 2.07. The van der Waals surface area contributed by atoms with Gasteiger partial charge in [-0.25, -0.2) is 13.6 Å². The van der Waals surface area contributed by atoms with Gasteiger partial charge in [0.15, 0.2) is 0 Å². The van der Waals surface area contributed by atoms with Crippen molar-refractivity contribution in [1.82, 2.24) is 5.32 Å². The van der Waals surface area contributed by atoms with E-state index in [0.717, 1.165) is 29.3 Å². The summed E-state index contributed by atoms with van der Waals surface area (Å²) < 4.78 is 26.4. The van der Waals surface area contributed by atoms with Crippen LogP contribution in [0.2, 0.25) is 0 Å². The van der Waals surface area contributed by atoms with Gasteiger partial charge in [0.1, 0.15) is 11.6 Å². The van der Waals surface area contributed by atoms with E-state index < -0.39 is 17.7 Å². The molecule has 2 aromatic rings. The van der Waals surface area contributed by atoms with Crippen LogP contribution in [-0.4, -0.2) is 6.03 Å². The molecule has 0 spiro atoms. The maximum Gasteiger partial charge on any atom is 0.319 e. The molecule has 2 aromatic carbocycles. The first-order chi connectivity index (χ1) is 9.94. The van der Waals surface area contributed by atoms with Gasteiger partial charge in [0.25, 0.3) is 0 Å². The van der Waals surface area contributed by atoms with E-state index >= 15 is 0 Å². The molecular formula is C16H16F2N2O. The second kappa shape index (κ2) is 6.35. The van der Waals surface area contributed by atoms with E-state index in [9.17, 15) is 13.6 Å². The van der Waals surface area contributed by atoms with Gasteiger partial charge < -0.3 is 10.6 Å². The molecule has 0 aliphatic heterocycles. The van der Waals surface area contributed by atoms with Gasteiger partial charge in [0.2, 0.25) is 0 Å². The number of hydrogen-bond acceptors (Lipinski definition) is 1. The predicted octanol–water partition coefficient (Wildman–Crippen LogP) is 3.90. The summed E-state index contributed by atoms with van der Waals surface area (Å²) in [6, 6.07) is 8.31. The number of benzene rings is 2. The molecule has 2 amide bonds. The average molecular weight is 290 g/mol. The van der Waals surface area contributed by atoms with Gasteiger partial charge in [-0.3, -0.25) is 0 Å². The van der Waals surface area contributed by atoms with Gasteiger partial charge in [-0.05, 0) is 55.3 Å². The SMILES string of the molecule is Cc1cc(C)cc(NC(=O)NCc2cc(F)ccc2F)c1. The van der Waals surface area contributed by atoms with Crippen molar-refractivity contribution in [1.29, 1.82) is 0 Å². The number of halogens is 2. The summed E-state index contributed by atoms with van der Waals surface area (Å²) in [4.78, 5) is 11.8. The first-order valence-electron chi connectivity index (χ1n) is 6.51. The van der Waals surface area contributed by atoms with E-state index in [0.29, 0.717) is 5.69 Å². The van der Waals surface area contributed by atoms with Crippen molar-refractivity contribution in [3.05, 3.63) is 64.7 Å². The third-order valence-corrected chi connectivity index (χ3v) is 2.93. The maximum absolute atomic E-state index is 13.4. The summed E-state index contributed by atoms with van der Waals surface area (Å²) in [7, 11) is 0. The Morgan fingerprint density at radius 1 is 1.05 bits per heavy atom. The zero-order valence-corrected chi connectivity index (χ0v) is 11.8. The van der Waals surface area contributed by atoms with E-state index in [2.05, 4.69) is 10.6 Å². The summed E-state index contributed by atoms with van der Waals surface area (Å²) in [5.74, 6) is -1.09. The summed E-state index contributed by atoms with van der Waals surface area (Å²) in [6.45, 7) is 3.77. The molecule has 0 aliphatic rings. The molecule has 2 N–H and O–H groups in total. The highest BCUT2D eigenvalue weighted by Crippen LogP contribution is 2.14. The van der Waals surface area contributed by atoms with Crippen molar-refractivity contribution in [2.45, 2.75) is 20.4 Å². The standard InChI is InChI=1S/C16H16F2N2O/c1-10-5-11(2)7-14(6-10)20-16(21)19-9-12-8-13(17)3-4-15(12)18/h3-8H,9H2,1-2H3,(H2,19,20,21). The van der Waals surface area contributed by atoms with Crippen LogP contribution < -0.4 is 10.6 Å². The van der Waals surface area contributed by atoms with Gasteiger partial charge in [-0.1, -0.05) is 6.07 Å². The molecule has 0 atom stereocenters. The summed E-state index contributed by atoms with van der Waals surface area (Å²) in [5.41, 5.74) is 2.82. The third kappa shape index (κ3) is 4.27. The first kappa shape index (κ1) is 15.0. The van der Waals surface area contributed by atoms with Crippen molar-refractivity contribution in [3.8, 4) is 0 Å². The largest absolute Gasteiger partial charge is 0.334 e. The van der Waals surface area contributed by atoms with E-state index in [1.807, 2.05) is 32.0 Å². The van der Waals surface area contributed by atoms with Crippen LogP contribution in [-0.2, 0) is 6.54 Å². The smallest absolute Gasteiger partial charge is 0.319 e. The Kier molecular flexibility index (Phi) is 4.52. The normalized spacial score (nSPS) is 10.3. The Balaban J connectivity index is 1.97. The second-order valence-electron chi connectivity index (χ2n) is 4.92. The predicted molar refractivity (Wildman–Crippen MR) is 78.1 cm³/mol. The Labute approximate surface area is 122 Å². The van der Waals surface area contributed by atoms with E-state index in [1.165, 1.54) is 0 Å². The molecule has 2 rings (SSSR count). The molecule has 5 heteroatoms. The molecule has 0 fully saturated rings. The number of rotatable bonds is 3. The van der Waals surface area contributed by atoms with Crippen molar-refractivity contribution >= 4 is 11.7 Å². The minimum absolute atomic E-state index is 0.0831. The van der Waals surface area contributed by atoms with Crippen molar-refractivity contribution in [2.24, 2.45) is 0 Å². The van der Waals surface area contributed by atoms with Gasteiger partial charge in [-0.15, -0.1) is 0 Å². The van der Waals surface area contributed by atoms with Crippen LogP contribution in [0.4, 0.5) is 19.3 Å². The van der Waals surface area contributed by atoms with Crippen LogP contribution in [0.3, 0.4) is 0 Å². The van der Waals surface area contributed by atoms with Gasteiger partial charge in [0.05, 0.1) is 0 Å². The molecule has 0 aliphatic carbocycles. The number of amides is 2. The molecule has 21 heavy (non-hydrogen) atoms. The minimum Gasteiger partial charge on any atom is -0.334 e. The molecule has 3 nitrogen and oxygen atoms in total. The fraction of sp³-hybridized carbons (Fsp3) is 0.188. The lowest BCUT2D eigenvalue weighted by Crippen LogP contribution is -2.28. The van der Waals surface area contributed by atoms with E-state index in [-0.39, 0.29) is 12.1 Å². The molecule has 0 radical (unpaired) electrons. The molecule has 0 unspecified atom stereocenters. The third-order valence-electron chi connectivity index (χ3n) is 2.93. The number of hydrogen-bond donors (Lipinski definition) is 2. The summed E-state index contributed by atoms with van der Waals surface area (Å²) in [5, 5.41) is 5.16. The molecule has 110 valence electrons. The highest BCUT2D eigenvalue weighted by molar-refractivity contribution is 5.89. The van der Waals surface area contributed by atoms with Crippen molar-refractivity contribution < 1.29 is 13.6 Å². The zero-order valence-electron chi connectivity index (χ0n) is 11.8. The van der Waals surface area contributed by atoms with Gasteiger partial charge >= 0.3 is 6.03 Å². The Bertz CT molecular complexity index is 651. The molecule has 0 aromatic heterocycles. The van der Waals surface area contributed by atoms with Crippen LogP contribution in [0.15, 0.2) is 36.4 Å². The van der Waals surface area contributed by atoms with Crippen molar-refractivity contribution in [3.63, 3.8) is 0 Å². The molecular weight excluding hydrogens is 274 g/mol. The van der Waals surface area contributed by atoms with Crippen LogP contribution in [0.5, 0.6) is 0 Å². The molecule has 0 saturated heterocycles. The number of carbonyl (C=O) groups is 1. The van der Waals surface area contributed by atoms with E-state index in [4.69, 9.17) is 0 Å². The lowest BCUT2D eigenvalue weighted by Gasteiger charge is -2.10. The quantitative estimate of drug-likeness (QED) is 0.884. The van der Waals surface area contributed by atoms with Crippen molar-refractivity contribution in [2.75, 3.05) is 5.32 Å². The van der Waals surface area contributed by atoms with Crippen LogP contribution >= 0.6 is 0 Å². The first-order valence-corrected chi connectivity index (χ1v) is 6.51. The maximum atomic E-state index is 13.4. The Morgan fingerprint density at radius 2 is 1.71 bits per heavy atom. The molecule has 0 bridgehead atoms. The summed E-state index contributed by atoms with van der Waals surface area (Å²) >= 11 is 0. The van der Waals surface area contributed by atoms with Crippen LogP contribution in [0.25, 0.3) is 0 Å².